The van der Waals surface area contributed by atoms with Crippen molar-refractivity contribution in [1.82, 2.24) is 0 Å². The van der Waals surface area contributed by atoms with Gasteiger partial charge in [0.15, 0.2) is 0 Å². The average molecular weight is 519 g/mol. The molecule has 0 radical (unpaired) electrons. The van der Waals surface area contributed by atoms with E-state index in [1.165, 1.54) is 34.3 Å². The summed E-state index contributed by atoms with van der Waals surface area (Å²) >= 11 is 2.28. The fourth-order valence-corrected chi connectivity index (χ4v) is 3.75. The molecular weight excluding hydrogens is 493 g/mol. The first-order valence-corrected chi connectivity index (χ1v) is 11.9. The first-order chi connectivity index (χ1) is 13.3. The van der Waals surface area contributed by atoms with Gasteiger partial charge in [-0.05, 0) is 53.3 Å². The molecule has 0 saturated heterocycles. The van der Waals surface area contributed by atoms with E-state index in [0.717, 1.165) is 25.7 Å². The molecule has 0 atom stereocenters. The Hall–Kier alpha value is -1.68. The lowest BCUT2D eigenvalue weighted by atomic mass is 10.1. The van der Waals surface area contributed by atoms with Crippen LogP contribution in [0.25, 0.3) is 0 Å². The molecule has 0 N–H and O–H groups in total. The second-order valence-corrected chi connectivity index (χ2v) is 9.10. The zero-order valence-corrected chi connectivity index (χ0v) is 18.9. The summed E-state index contributed by atoms with van der Waals surface area (Å²) in [4.78, 5) is 9.95. The van der Waals surface area contributed by atoms with E-state index in [9.17, 15) is 18.5 Å². The number of nitro groups is 1. The third-order valence-corrected chi connectivity index (χ3v) is 5.71. The molecule has 2 rings (SSSR count). The van der Waals surface area contributed by atoms with E-state index in [2.05, 4.69) is 41.6 Å². The number of unbranched alkanes of at least 4 members (excludes halogenated alkanes) is 5. The van der Waals surface area contributed by atoms with Crippen LogP contribution in [-0.2, 0) is 10.1 Å². The molecule has 0 aliphatic rings. The third kappa shape index (κ3) is 11.2. The van der Waals surface area contributed by atoms with Crippen molar-refractivity contribution in [2.24, 2.45) is 0 Å². The molecule has 0 amide bonds. The van der Waals surface area contributed by atoms with E-state index < -0.39 is 15.0 Å². The summed E-state index contributed by atoms with van der Waals surface area (Å²) in [7, 11) is -3.63. The Labute approximate surface area is 180 Å². The Balaban J connectivity index is 0.000000467. The van der Waals surface area contributed by atoms with Gasteiger partial charge in [-0.3, -0.25) is 10.1 Å². The van der Waals surface area contributed by atoms with Gasteiger partial charge in [0.1, 0.15) is 5.75 Å². The summed E-state index contributed by atoms with van der Waals surface area (Å²) in [6.45, 7) is 2.13. The SMILES string of the molecule is CCCCCCCCS(=O)(=O)Oc1ccc([N+](=O)[O-])cc1.Ic1ccccc1. The van der Waals surface area contributed by atoms with Gasteiger partial charge in [-0.2, -0.15) is 8.42 Å². The summed E-state index contributed by atoms with van der Waals surface area (Å²) < 4.78 is 29.7. The number of non-ortho nitro benzene ring substituents is 1. The summed E-state index contributed by atoms with van der Waals surface area (Å²) in [5.41, 5.74) is -0.101. The van der Waals surface area contributed by atoms with Gasteiger partial charge in [-0.1, -0.05) is 57.2 Å². The van der Waals surface area contributed by atoms with Gasteiger partial charge in [0.05, 0.1) is 10.7 Å². The van der Waals surface area contributed by atoms with Crippen LogP contribution in [0.1, 0.15) is 45.4 Å². The van der Waals surface area contributed by atoms with Crippen molar-refractivity contribution in [2.75, 3.05) is 5.75 Å². The van der Waals surface area contributed by atoms with Crippen LogP contribution in [0.5, 0.6) is 5.75 Å². The maximum Gasteiger partial charge on any atom is 0.309 e. The van der Waals surface area contributed by atoms with Crippen LogP contribution >= 0.6 is 22.6 Å². The zero-order valence-electron chi connectivity index (χ0n) is 15.9. The predicted molar refractivity (Wildman–Crippen MR) is 120 cm³/mol. The first kappa shape index (κ1) is 24.4. The minimum absolute atomic E-state index is 0.0316. The Bertz CT molecular complexity index is 795. The standard InChI is InChI=1S/C14H21NO5S.C6H5I/c1-2-3-4-5-6-7-12-21(18,19)20-14-10-8-13(9-11-14)15(16)17;7-6-4-2-1-3-5-6/h8-11H,2-7,12H2,1H3;1-5H. The van der Waals surface area contributed by atoms with Crippen LogP contribution in [0.4, 0.5) is 5.69 Å². The molecule has 0 spiro atoms. The zero-order chi connectivity index (χ0) is 20.8. The van der Waals surface area contributed by atoms with E-state index in [1.807, 2.05) is 18.2 Å². The second kappa shape index (κ2) is 13.5. The highest BCUT2D eigenvalue weighted by Gasteiger charge is 2.13. The Morgan fingerprint density at radius 1 is 0.929 bits per heavy atom. The Morgan fingerprint density at radius 3 is 2.00 bits per heavy atom. The van der Waals surface area contributed by atoms with Gasteiger partial charge in [0.2, 0.25) is 0 Å². The minimum Gasteiger partial charge on any atom is -0.382 e. The maximum absolute atomic E-state index is 11.8. The van der Waals surface area contributed by atoms with E-state index in [4.69, 9.17) is 4.18 Å². The Kier molecular flexibility index (Phi) is 11.7. The van der Waals surface area contributed by atoms with Crippen molar-refractivity contribution in [3.63, 3.8) is 0 Å². The van der Waals surface area contributed by atoms with E-state index in [-0.39, 0.29) is 17.2 Å². The van der Waals surface area contributed by atoms with Crippen molar-refractivity contribution in [3.05, 3.63) is 68.3 Å². The van der Waals surface area contributed by atoms with E-state index in [1.54, 1.807) is 0 Å². The molecule has 0 unspecified atom stereocenters. The second-order valence-electron chi connectivity index (χ2n) is 6.16. The van der Waals surface area contributed by atoms with Gasteiger partial charge >= 0.3 is 10.1 Å². The number of hydrogen-bond donors (Lipinski definition) is 0. The highest BCUT2D eigenvalue weighted by molar-refractivity contribution is 14.1. The lowest BCUT2D eigenvalue weighted by Crippen LogP contribution is -2.13. The van der Waals surface area contributed by atoms with Gasteiger partial charge in [0.25, 0.3) is 5.69 Å². The van der Waals surface area contributed by atoms with Crippen molar-refractivity contribution >= 4 is 38.4 Å². The highest BCUT2D eigenvalue weighted by atomic mass is 127. The summed E-state index contributed by atoms with van der Waals surface area (Å²) in [5.74, 6) is 0.0717. The maximum atomic E-state index is 11.8. The molecule has 0 aromatic heterocycles. The minimum atomic E-state index is -3.63. The van der Waals surface area contributed by atoms with Gasteiger partial charge in [0, 0.05) is 15.7 Å². The quantitative estimate of drug-likeness (QED) is 0.127. The van der Waals surface area contributed by atoms with Crippen LogP contribution in [0, 0.1) is 13.7 Å². The van der Waals surface area contributed by atoms with Gasteiger partial charge in [-0.15, -0.1) is 0 Å². The number of rotatable bonds is 10. The van der Waals surface area contributed by atoms with Crippen LogP contribution in [-0.4, -0.2) is 19.1 Å². The molecule has 0 aliphatic carbocycles. The number of halogens is 1. The lowest BCUT2D eigenvalue weighted by Gasteiger charge is -2.06. The van der Waals surface area contributed by atoms with Gasteiger partial charge < -0.3 is 4.18 Å². The summed E-state index contributed by atoms with van der Waals surface area (Å²) in [6.07, 6.45) is 5.91. The van der Waals surface area contributed by atoms with Crippen molar-refractivity contribution < 1.29 is 17.5 Å². The topological polar surface area (TPSA) is 86.5 Å². The molecule has 28 heavy (non-hydrogen) atoms. The molecule has 2 aromatic carbocycles. The predicted octanol–water partition coefficient (Wildman–Crippen LogP) is 5.96. The average Bonchev–Trinajstić information content (AvgIpc) is 2.66. The molecule has 0 saturated carbocycles. The summed E-state index contributed by atoms with van der Waals surface area (Å²) in [5, 5.41) is 10.5. The first-order valence-electron chi connectivity index (χ1n) is 9.21. The van der Waals surface area contributed by atoms with Crippen molar-refractivity contribution in [2.45, 2.75) is 45.4 Å². The normalized spacial score (nSPS) is 10.6. The molecule has 6 nitrogen and oxygen atoms in total. The molecule has 154 valence electrons. The van der Waals surface area contributed by atoms with E-state index in [0.29, 0.717) is 6.42 Å². The largest absolute Gasteiger partial charge is 0.382 e. The Morgan fingerprint density at radius 2 is 1.50 bits per heavy atom. The molecule has 0 aliphatic heterocycles. The molecule has 0 heterocycles. The van der Waals surface area contributed by atoms with E-state index >= 15 is 0 Å². The molecule has 0 bridgehead atoms. The van der Waals surface area contributed by atoms with Crippen molar-refractivity contribution in [3.8, 4) is 5.75 Å². The van der Waals surface area contributed by atoms with Crippen LogP contribution < -0.4 is 4.18 Å². The number of nitrogens with zero attached hydrogens (tertiary/aromatic N) is 1. The van der Waals surface area contributed by atoms with Crippen LogP contribution in [0.15, 0.2) is 54.6 Å². The van der Waals surface area contributed by atoms with Crippen LogP contribution in [0.3, 0.4) is 0 Å². The molecular formula is C20H26INO5S. The fourth-order valence-electron chi connectivity index (χ4n) is 2.29. The van der Waals surface area contributed by atoms with Crippen LogP contribution in [0.2, 0.25) is 0 Å². The number of benzene rings is 2. The molecule has 8 heteroatoms. The van der Waals surface area contributed by atoms with Gasteiger partial charge in [-0.25, -0.2) is 0 Å². The van der Waals surface area contributed by atoms with Crippen molar-refractivity contribution in [1.29, 1.82) is 0 Å². The summed E-state index contributed by atoms with van der Waals surface area (Å²) in [6, 6.07) is 15.2. The number of nitro benzene ring substituents is 1. The monoisotopic (exact) mass is 519 g/mol. The molecule has 2 aromatic rings. The fraction of sp³-hybridized carbons (Fsp3) is 0.400. The lowest BCUT2D eigenvalue weighted by molar-refractivity contribution is -0.384. The smallest absolute Gasteiger partial charge is 0.309 e. The third-order valence-electron chi connectivity index (χ3n) is 3.75. The highest BCUT2D eigenvalue weighted by Crippen LogP contribution is 2.19. The number of hydrogen-bond acceptors (Lipinski definition) is 5. The molecule has 0 fully saturated rings.